The number of carbonyl (C=O) groups is 4. The van der Waals surface area contributed by atoms with E-state index in [1.54, 1.807) is 97.1 Å². The highest BCUT2D eigenvalue weighted by molar-refractivity contribution is 5.91. The first-order chi connectivity index (χ1) is 39.7. The lowest BCUT2D eigenvalue weighted by Crippen LogP contribution is -2.62. The molecular weight excluding hydrogens is 1020 g/mol. The Hall–Kier alpha value is -5.14. The van der Waals surface area contributed by atoms with Gasteiger partial charge in [-0.3, -0.25) is 4.79 Å². The molecule has 0 aliphatic carbocycles. The van der Waals surface area contributed by atoms with Gasteiger partial charge in [-0.1, -0.05) is 260 Å². The molecule has 3 N–H and O–H groups in total. The van der Waals surface area contributed by atoms with Crippen molar-refractivity contribution in [2.24, 2.45) is 0 Å². The van der Waals surface area contributed by atoms with Crippen molar-refractivity contribution < 1.29 is 53.1 Å². The van der Waals surface area contributed by atoms with Crippen LogP contribution in [0.1, 0.15) is 250 Å². The van der Waals surface area contributed by atoms with E-state index in [0.717, 1.165) is 44.9 Å². The largest absolute Gasteiger partial charge is 0.452 e. The van der Waals surface area contributed by atoms with Gasteiger partial charge in [0.05, 0.1) is 35.9 Å². The zero-order valence-corrected chi connectivity index (χ0v) is 49.6. The summed E-state index contributed by atoms with van der Waals surface area (Å²) in [6.07, 6.45) is 37.9. The maximum atomic E-state index is 13.9. The number of amides is 1. The third-order valence-corrected chi connectivity index (χ3v) is 15.3. The van der Waals surface area contributed by atoms with E-state index < -0.39 is 73.3 Å². The van der Waals surface area contributed by atoms with E-state index in [9.17, 15) is 29.4 Å². The van der Waals surface area contributed by atoms with Crippen LogP contribution in [0.15, 0.2) is 115 Å². The zero-order chi connectivity index (χ0) is 57.8. The van der Waals surface area contributed by atoms with Crippen LogP contribution in [-0.4, -0.2) is 90.1 Å². The zero-order valence-electron chi connectivity index (χ0n) is 49.6. The molecule has 0 aromatic heterocycles. The second kappa shape index (κ2) is 44.4. The van der Waals surface area contributed by atoms with Crippen molar-refractivity contribution in [1.29, 1.82) is 0 Å². The second-order valence-corrected chi connectivity index (χ2v) is 22.2. The van der Waals surface area contributed by atoms with E-state index in [-0.39, 0.29) is 17.7 Å². The van der Waals surface area contributed by atoms with Crippen molar-refractivity contribution in [3.05, 3.63) is 132 Å². The van der Waals surface area contributed by atoms with Gasteiger partial charge in [0.25, 0.3) is 0 Å². The van der Waals surface area contributed by atoms with Crippen LogP contribution in [0, 0.1) is 0 Å². The second-order valence-electron chi connectivity index (χ2n) is 22.2. The summed E-state index contributed by atoms with van der Waals surface area (Å²) in [6.45, 7) is 3.44. The molecule has 0 bridgehead atoms. The first-order valence-electron chi connectivity index (χ1n) is 31.7. The van der Waals surface area contributed by atoms with Crippen LogP contribution in [0.5, 0.6) is 0 Å². The van der Waals surface area contributed by atoms with Gasteiger partial charge in [0.1, 0.15) is 18.3 Å². The molecule has 0 radical (unpaired) electrons. The lowest BCUT2D eigenvalue weighted by atomic mass is 9.98. The summed E-state index contributed by atoms with van der Waals surface area (Å²) in [6, 6.07) is 23.9. The highest BCUT2D eigenvalue weighted by Gasteiger charge is 2.51. The molecule has 1 aliphatic heterocycles. The maximum Gasteiger partial charge on any atom is 0.338 e. The van der Waals surface area contributed by atoms with E-state index >= 15 is 0 Å². The van der Waals surface area contributed by atoms with Crippen LogP contribution in [0.4, 0.5) is 0 Å². The monoisotopic (exact) mass is 1120 g/mol. The van der Waals surface area contributed by atoms with Crippen LogP contribution in [0.2, 0.25) is 0 Å². The molecular formula is C69H103NO11. The fraction of sp³-hybridized carbons (Fsp3) is 0.623. The van der Waals surface area contributed by atoms with Gasteiger partial charge in [-0.15, -0.1) is 0 Å². The van der Waals surface area contributed by atoms with Crippen molar-refractivity contribution in [3.63, 3.8) is 0 Å². The molecule has 1 unspecified atom stereocenters. The van der Waals surface area contributed by atoms with Gasteiger partial charge in [0.2, 0.25) is 5.91 Å². The molecule has 4 rings (SSSR count). The third kappa shape index (κ3) is 29.6. The predicted molar refractivity (Wildman–Crippen MR) is 324 cm³/mol. The summed E-state index contributed by atoms with van der Waals surface area (Å²) in [7, 11) is 0. The Balaban J connectivity index is 1.43. The topological polar surface area (TPSA) is 167 Å². The normalized spacial score (nSPS) is 18.0. The third-order valence-electron chi connectivity index (χ3n) is 15.3. The number of aliphatic hydroxyl groups is 2. The van der Waals surface area contributed by atoms with Gasteiger partial charge in [-0.25, -0.2) is 14.4 Å². The van der Waals surface area contributed by atoms with Crippen LogP contribution >= 0.6 is 0 Å². The van der Waals surface area contributed by atoms with Crippen LogP contribution in [0.25, 0.3) is 0 Å². The molecule has 1 aliphatic rings. The molecule has 1 saturated heterocycles. The van der Waals surface area contributed by atoms with Gasteiger partial charge in [-0.05, 0) is 74.2 Å². The van der Waals surface area contributed by atoms with Crippen LogP contribution in [-0.2, 0) is 28.5 Å². The lowest BCUT2D eigenvalue weighted by molar-refractivity contribution is -0.300. The van der Waals surface area contributed by atoms with E-state index in [1.165, 1.54) is 160 Å². The summed E-state index contributed by atoms with van der Waals surface area (Å²) < 4.78 is 30.7. The molecule has 450 valence electrons. The SMILES string of the molecule is CCCCCCCCCCCCCC=C[C@@H](OC(=O)c1ccccc1)C(CO[C@@H]1O[C@H](CO)[C@@H](O)[C@H](OC(=O)c2ccccc2)[C@H]1OC(=O)c1ccccc1)NC(=O)C=CCCCCCCCCCCCCCCCCCCCCC. The Labute approximate surface area is 487 Å². The first-order valence-corrected chi connectivity index (χ1v) is 31.7. The molecule has 1 fully saturated rings. The predicted octanol–water partition coefficient (Wildman–Crippen LogP) is 15.9. The highest BCUT2D eigenvalue weighted by Crippen LogP contribution is 2.29. The quantitative estimate of drug-likeness (QED) is 0.0162. The van der Waals surface area contributed by atoms with Crippen molar-refractivity contribution in [3.8, 4) is 0 Å². The molecule has 12 heteroatoms. The van der Waals surface area contributed by atoms with Gasteiger partial charge in [-0.2, -0.15) is 0 Å². The number of unbranched alkanes of at least 4 members (excludes halogenated alkanes) is 30. The van der Waals surface area contributed by atoms with Crippen molar-refractivity contribution in [1.82, 2.24) is 5.32 Å². The molecule has 3 aromatic rings. The fourth-order valence-corrected chi connectivity index (χ4v) is 10.3. The van der Waals surface area contributed by atoms with Gasteiger partial charge >= 0.3 is 17.9 Å². The first kappa shape index (κ1) is 68.4. The number of hydrogen-bond donors (Lipinski definition) is 3. The smallest absolute Gasteiger partial charge is 0.338 e. The molecule has 12 nitrogen and oxygen atoms in total. The van der Waals surface area contributed by atoms with Crippen molar-refractivity contribution in [2.45, 2.75) is 262 Å². The Morgan fingerprint density at radius 1 is 0.506 bits per heavy atom. The summed E-state index contributed by atoms with van der Waals surface area (Å²) in [4.78, 5) is 55.1. The number of aliphatic hydroxyl groups excluding tert-OH is 2. The minimum atomic E-state index is -1.65. The molecule has 1 heterocycles. The number of hydrogen-bond acceptors (Lipinski definition) is 11. The van der Waals surface area contributed by atoms with Gasteiger partial charge in [0.15, 0.2) is 18.5 Å². The van der Waals surface area contributed by atoms with Gasteiger partial charge in [0, 0.05) is 0 Å². The van der Waals surface area contributed by atoms with E-state index in [1.807, 2.05) is 12.2 Å². The number of rotatable bonds is 46. The number of allylic oxidation sites excluding steroid dienone is 2. The number of carbonyl (C=O) groups excluding carboxylic acids is 4. The Morgan fingerprint density at radius 3 is 1.28 bits per heavy atom. The summed E-state index contributed by atoms with van der Waals surface area (Å²) in [5.41, 5.74) is 0.672. The van der Waals surface area contributed by atoms with Gasteiger partial charge < -0.3 is 39.2 Å². The summed E-state index contributed by atoms with van der Waals surface area (Å²) in [5, 5.41) is 25.1. The highest BCUT2D eigenvalue weighted by atomic mass is 16.7. The summed E-state index contributed by atoms with van der Waals surface area (Å²) in [5.74, 6) is -2.67. The number of nitrogens with one attached hydrogen (secondary N) is 1. The molecule has 0 spiro atoms. The molecule has 81 heavy (non-hydrogen) atoms. The number of benzene rings is 3. The fourth-order valence-electron chi connectivity index (χ4n) is 10.3. The summed E-state index contributed by atoms with van der Waals surface area (Å²) >= 11 is 0. The average Bonchev–Trinajstić information content (AvgIpc) is 3.68. The minimum Gasteiger partial charge on any atom is -0.452 e. The van der Waals surface area contributed by atoms with Crippen molar-refractivity contribution >= 4 is 23.8 Å². The van der Waals surface area contributed by atoms with E-state index in [0.29, 0.717) is 12.0 Å². The Bertz CT molecular complexity index is 2130. The number of esters is 3. The van der Waals surface area contributed by atoms with E-state index in [2.05, 4.69) is 19.2 Å². The number of ether oxygens (including phenoxy) is 5. The van der Waals surface area contributed by atoms with Crippen molar-refractivity contribution in [2.75, 3.05) is 13.2 Å². The Kier molecular flexibility index (Phi) is 37.5. The molecule has 3 aromatic carbocycles. The van der Waals surface area contributed by atoms with E-state index in [4.69, 9.17) is 23.7 Å². The molecule has 1 amide bonds. The lowest BCUT2D eigenvalue weighted by Gasteiger charge is -2.43. The molecule has 0 saturated carbocycles. The van der Waals surface area contributed by atoms with Crippen LogP contribution < -0.4 is 5.32 Å². The minimum absolute atomic E-state index is 0.177. The standard InChI is InChI=1S/C69H103NO11/c1-3-5-7-9-11-13-15-17-18-19-20-21-22-23-24-26-28-30-32-34-45-53-62(72)70-59(60(78-66(74)56-46-38-35-39-47-56)52-44-33-31-29-27-25-16-14-12-10-8-6-4-2)55-77-69-65(81-68(76)58-50-42-37-43-51-58)64(63(73)61(54-71)79-69)80-67(75)57-48-40-36-41-49-57/h35-53,59-61,63-65,69,71,73H,3-34,54-55H2,1-2H3,(H,70,72)/t59?,60-,61-,63-,64+,65-,69-/m1/s1. The average molecular weight is 1120 g/mol. The molecule has 7 atom stereocenters. The Morgan fingerprint density at radius 2 is 0.877 bits per heavy atom. The van der Waals surface area contributed by atoms with Crippen LogP contribution in [0.3, 0.4) is 0 Å². The maximum absolute atomic E-state index is 13.9.